The van der Waals surface area contributed by atoms with Crippen molar-refractivity contribution in [1.29, 1.82) is 0 Å². The van der Waals surface area contributed by atoms with Gasteiger partial charge in [-0.15, -0.1) is 10.2 Å². The summed E-state index contributed by atoms with van der Waals surface area (Å²) in [5, 5.41) is 20.4. The van der Waals surface area contributed by atoms with Crippen LogP contribution in [0.5, 0.6) is 0 Å². The lowest BCUT2D eigenvalue weighted by atomic mass is 10.2. The van der Waals surface area contributed by atoms with E-state index in [-0.39, 0.29) is 11.7 Å². The zero-order valence-electron chi connectivity index (χ0n) is 11.9. The molecule has 0 aromatic carbocycles. The molecule has 0 amide bonds. The van der Waals surface area contributed by atoms with Crippen LogP contribution < -0.4 is 5.14 Å². The Balaban J connectivity index is 2.63. The number of aryl methyl sites for hydroxylation is 2. The van der Waals surface area contributed by atoms with Crippen molar-refractivity contribution >= 4 is 10.0 Å². The lowest BCUT2D eigenvalue weighted by Gasteiger charge is -2.10. The molecule has 0 saturated heterocycles. The average Bonchev–Trinajstić information content (AvgIpc) is 2.82. The number of hydrogen-bond acceptors (Lipinski definition) is 7. The minimum Gasteiger partial charge on any atom is -0.383 e. The summed E-state index contributed by atoms with van der Waals surface area (Å²) in [4.78, 5) is 0. The molecular formula is C11H16N6O3S. The molecule has 2 heterocycles. The average molecular weight is 312 g/mol. The van der Waals surface area contributed by atoms with Crippen LogP contribution in [0.2, 0.25) is 0 Å². The molecular weight excluding hydrogens is 296 g/mol. The van der Waals surface area contributed by atoms with Crippen LogP contribution in [0, 0.1) is 13.8 Å². The van der Waals surface area contributed by atoms with Crippen molar-refractivity contribution in [1.82, 2.24) is 25.0 Å². The number of nitrogens with zero attached hydrogens (tertiary/aromatic N) is 5. The van der Waals surface area contributed by atoms with Gasteiger partial charge in [-0.05, 0) is 19.9 Å². The topological polar surface area (TPSA) is 126 Å². The van der Waals surface area contributed by atoms with Gasteiger partial charge in [0.15, 0.2) is 5.82 Å². The third-order valence-electron chi connectivity index (χ3n) is 2.83. The SMILES string of the molecule is COCCn1c(-c2cc(C)nnc2C)nnc1S(N)(=O)=O. The van der Waals surface area contributed by atoms with Gasteiger partial charge in [-0.25, -0.2) is 13.6 Å². The second-order valence-corrected chi connectivity index (χ2v) is 5.94. The van der Waals surface area contributed by atoms with Crippen LogP contribution in [0.3, 0.4) is 0 Å². The van der Waals surface area contributed by atoms with Gasteiger partial charge in [0.1, 0.15) is 0 Å². The van der Waals surface area contributed by atoms with E-state index in [1.807, 2.05) is 0 Å². The van der Waals surface area contributed by atoms with E-state index in [4.69, 9.17) is 9.88 Å². The summed E-state index contributed by atoms with van der Waals surface area (Å²) < 4.78 is 29.6. The maximum atomic E-state index is 11.6. The molecule has 114 valence electrons. The van der Waals surface area contributed by atoms with Crippen LogP contribution in [0.25, 0.3) is 11.4 Å². The monoisotopic (exact) mass is 312 g/mol. The molecule has 0 saturated carbocycles. The predicted molar refractivity (Wildman–Crippen MR) is 73.8 cm³/mol. The maximum Gasteiger partial charge on any atom is 0.273 e. The lowest BCUT2D eigenvalue weighted by molar-refractivity contribution is 0.185. The Morgan fingerprint density at radius 1 is 1.24 bits per heavy atom. The van der Waals surface area contributed by atoms with Gasteiger partial charge in [-0.2, -0.15) is 10.2 Å². The highest BCUT2D eigenvalue weighted by molar-refractivity contribution is 7.89. The fourth-order valence-electron chi connectivity index (χ4n) is 1.86. The van der Waals surface area contributed by atoms with E-state index in [9.17, 15) is 8.42 Å². The third kappa shape index (κ3) is 3.23. The van der Waals surface area contributed by atoms with E-state index in [2.05, 4.69) is 20.4 Å². The van der Waals surface area contributed by atoms with Crippen molar-refractivity contribution in [3.63, 3.8) is 0 Å². The van der Waals surface area contributed by atoms with Crippen molar-refractivity contribution in [2.75, 3.05) is 13.7 Å². The number of nitrogens with two attached hydrogens (primary N) is 1. The standard InChI is InChI=1S/C11H16N6O3S/c1-7-6-9(8(2)14-13-7)10-15-16-11(21(12,18)19)17(10)4-5-20-3/h6H,4-5H2,1-3H3,(H2,12,18,19). The Hall–Kier alpha value is -1.91. The summed E-state index contributed by atoms with van der Waals surface area (Å²) >= 11 is 0. The van der Waals surface area contributed by atoms with Gasteiger partial charge in [-0.3, -0.25) is 4.57 Å². The van der Waals surface area contributed by atoms with Gasteiger partial charge < -0.3 is 4.74 Å². The first-order valence-corrected chi connectivity index (χ1v) is 7.65. The number of aromatic nitrogens is 5. The van der Waals surface area contributed by atoms with E-state index in [1.54, 1.807) is 19.9 Å². The third-order valence-corrected chi connectivity index (χ3v) is 3.64. The Labute approximate surface area is 122 Å². The molecule has 2 aromatic heterocycles. The smallest absolute Gasteiger partial charge is 0.273 e. The fraction of sp³-hybridized carbons (Fsp3) is 0.455. The number of methoxy groups -OCH3 is 1. The van der Waals surface area contributed by atoms with Crippen molar-refractivity contribution < 1.29 is 13.2 Å². The molecule has 0 fully saturated rings. The number of ether oxygens (including phenoxy) is 1. The molecule has 21 heavy (non-hydrogen) atoms. The maximum absolute atomic E-state index is 11.6. The molecule has 0 unspecified atom stereocenters. The molecule has 0 radical (unpaired) electrons. The van der Waals surface area contributed by atoms with Gasteiger partial charge in [-0.1, -0.05) is 0 Å². The van der Waals surface area contributed by atoms with Crippen LogP contribution in [0.4, 0.5) is 0 Å². The van der Waals surface area contributed by atoms with E-state index >= 15 is 0 Å². The Bertz CT molecular complexity index is 755. The Morgan fingerprint density at radius 2 is 1.95 bits per heavy atom. The number of primary sulfonamides is 1. The lowest BCUT2D eigenvalue weighted by Crippen LogP contribution is -2.20. The molecule has 0 aliphatic rings. The first-order chi connectivity index (χ1) is 9.84. The van der Waals surface area contributed by atoms with Gasteiger partial charge in [0, 0.05) is 12.7 Å². The molecule has 0 bridgehead atoms. The first-order valence-electron chi connectivity index (χ1n) is 6.11. The number of sulfonamides is 1. The second kappa shape index (κ2) is 5.84. The summed E-state index contributed by atoms with van der Waals surface area (Å²) in [5.74, 6) is 0.367. The van der Waals surface area contributed by atoms with Crippen molar-refractivity contribution in [3.8, 4) is 11.4 Å². The van der Waals surface area contributed by atoms with Crippen LogP contribution in [0.1, 0.15) is 11.4 Å². The molecule has 9 nitrogen and oxygen atoms in total. The normalized spacial score (nSPS) is 11.8. The minimum atomic E-state index is -3.98. The molecule has 0 spiro atoms. The van der Waals surface area contributed by atoms with Gasteiger partial charge >= 0.3 is 0 Å². The summed E-state index contributed by atoms with van der Waals surface area (Å²) in [7, 11) is -2.46. The fourth-order valence-corrected chi connectivity index (χ4v) is 2.50. The van der Waals surface area contributed by atoms with Gasteiger partial charge in [0.2, 0.25) is 0 Å². The molecule has 0 aliphatic carbocycles. The molecule has 10 heteroatoms. The largest absolute Gasteiger partial charge is 0.383 e. The van der Waals surface area contributed by atoms with E-state index in [0.717, 1.165) is 0 Å². The highest BCUT2D eigenvalue weighted by Crippen LogP contribution is 2.22. The molecule has 0 atom stereocenters. The summed E-state index contributed by atoms with van der Waals surface area (Å²) in [6.45, 7) is 4.09. The zero-order chi connectivity index (χ0) is 15.6. The van der Waals surface area contributed by atoms with E-state index in [0.29, 0.717) is 29.4 Å². The van der Waals surface area contributed by atoms with E-state index < -0.39 is 10.0 Å². The molecule has 2 aromatic rings. The summed E-state index contributed by atoms with van der Waals surface area (Å²) in [6, 6.07) is 1.77. The predicted octanol–water partition coefficient (Wildman–Crippen LogP) is -0.354. The first kappa shape index (κ1) is 15.5. The Morgan fingerprint density at radius 3 is 2.57 bits per heavy atom. The number of rotatable bonds is 5. The van der Waals surface area contributed by atoms with Crippen LogP contribution in [-0.4, -0.2) is 47.1 Å². The second-order valence-electron chi connectivity index (χ2n) is 4.48. The summed E-state index contributed by atoms with van der Waals surface area (Å²) in [5.41, 5.74) is 1.96. The minimum absolute atomic E-state index is 0.255. The van der Waals surface area contributed by atoms with Gasteiger partial charge in [0.05, 0.1) is 24.5 Å². The quantitative estimate of drug-likeness (QED) is 0.799. The van der Waals surface area contributed by atoms with Crippen molar-refractivity contribution in [2.24, 2.45) is 5.14 Å². The van der Waals surface area contributed by atoms with Gasteiger partial charge in [0.25, 0.3) is 15.2 Å². The molecule has 2 rings (SSSR count). The zero-order valence-corrected chi connectivity index (χ0v) is 12.8. The van der Waals surface area contributed by atoms with E-state index in [1.165, 1.54) is 11.7 Å². The Kier molecular flexibility index (Phi) is 4.30. The highest BCUT2D eigenvalue weighted by atomic mass is 32.2. The summed E-state index contributed by atoms with van der Waals surface area (Å²) in [6.07, 6.45) is 0. The van der Waals surface area contributed by atoms with Crippen LogP contribution in [-0.2, 0) is 21.3 Å². The number of hydrogen-bond donors (Lipinski definition) is 1. The van der Waals surface area contributed by atoms with Crippen molar-refractivity contribution in [3.05, 3.63) is 17.5 Å². The van der Waals surface area contributed by atoms with Crippen LogP contribution in [0.15, 0.2) is 11.2 Å². The van der Waals surface area contributed by atoms with Crippen LogP contribution >= 0.6 is 0 Å². The van der Waals surface area contributed by atoms with Crippen molar-refractivity contribution in [2.45, 2.75) is 25.5 Å². The molecule has 2 N–H and O–H groups in total. The molecule has 0 aliphatic heterocycles. The highest BCUT2D eigenvalue weighted by Gasteiger charge is 2.23.